The number of ether oxygens (including phenoxy) is 1. The van der Waals surface area contributed by atoms with Gasteiger partial charge in [-0.1, -0.05) is 30.3 Å². The van der Waals surface area contributed by atoms with Crippen LogP contribution in [0.25, 0.3) is 0 Å². The molecule has 0 saturated heterocycles. The highest BCUT2D eigenvalue weighted by molar-refractivity contribution is 5.95. The summed E-state index contributed by atoms with van der Waals surface area (Å²) in [4.78, 5) is 27.9. The number of hydrogen-bond acceptors (Lipinski definition) is 4. The predicted molar refractivity (Wildman–Crippen MR) is 90.5 cm³/mol. The Balaban J connectivity index is 1.78. The first-order valence-electron chi connectivity index (χ1n) is 7.77. The Morgan fingerprint density at radius 2 is 1.92 bits per heavy atom. The van der Waals surface area contributed by atoms with Gasteiger partial charge in [0.1, 0.15) is 12.6 Å². The van der Waals surface area contributed by atoms with E-state index < -0.39 is 12.1 Å². The second-order valence-corrected chi connectivity index (χ2v) is 5.72. The Bertz CT molecular complexity index is 682. The molecular weight excluding hydrogens is 308 g/mol. The third kappa shape index (κ3) is 5.12. The summed E-state index contributed by atoms with van der Waals surface area (Å²) in [5.74, 6) is 0.0840. The van der Waals surface area contributed by atoms with Gasteiger partial charge in [0.2, 0.25) is 5.91 Å². The monoisotopic (exact) mass is 330 g/mol. The molecule has 1 heterocycles. The number of nitrogens with one attached hydrogen (secondary N) is 2. The first-order chi connectivity index (χ1) is 11.5. The summed E-state index contributed by atoms with van der Waals surface area (Å²) in [5.41, 5.74) is 0.879. The molecule has 0 fully saturated rings. The number of anilines is 1. The Morgan fingerprint density at radius 1 is 1.21 bits per heavy atom. The molecule has 0 aliphatic rings. The summed E-state index contributed by atoms with van der Waals surface area (Å²) in [6.07, 6.45) is 2.74. The van der Waals surface area contributed by atoms with E-state index in [0.717, 1.165) is 5.56 Å². The van der Waals surface area contributed by atoms with Gasteiger partial charge < -0.3 is 19.9 Å². The van der Waals surface area contributed by atoms with Gasteiger partial charge in [-0.2, -0.15) is 0 Å². The molecule has 1 atom stereocenters. The maximum atomic E-state index is 12.1. The zero-order chi connectivity index (χ0) is 17.5. The predicted octanol–water partition coefficient (Wildman–Crippen LogP) is 2.72. The normalized spacial score (nSPS) is 11.8. The molecule has 0 unspecified atom stereocenters. The number of carbonyl (C=O) groups is 2. The second kappa shape index (κ2) is 8.14. The van der Waals surface area contributed by atoms with E-state index in [9.17, 15) is 9.59 Å². The lowest BCUT2D eigenvalue weighted by molar-refractivity contribution is -0.117. The van der Waals surface area contributed by atoms with Crippen molar-refractivity contribution in [2.24, 2.45) is 0 Å². The highest BCUT2D eigenvalue weighted by Crippen LogP contribution is 2.09. The zero-order valence-corrected chi connectivity index (χ0v) is 14.0. The van der Waals surface area contributed by atoms with Gasteiger partial charge in [-0.05, 0) is 26.3 Å². The highest BCUT2D eigenvalue weighted by atomic mass is 16.5. The molecule has 128 valence electrons. The molecule has 0 bridgehead atoms. The van der Waals surface area contributed by atoms with Crippen LogP contribution in [0.4, 0.5) is 10.6 Å². The number of imidazole rings is 1. The molecule has 2 rings (SSSR count). The van der Waals surface area contributed by atoms with Gasteiger partial charge in [0.05, 0.1) is 6.33 Å². The van der Waals surface area contributed by atoms with Gasteiger partial charge in [-0.3, -0.25) is 4.79 Å². The molecule has 7 heteroatoms. The Hall–Kier alpha value is -2.83. The average molecular weight is 330 g/mol. The first kappa shape index (κ1) is 17.5. The molecular formula is C17H22N4O3. The van der Waals surface area contributed by atoms with Crippen LogP contribution in [0.2, 0.25) is 0 Å². The van der Waals surface area contributed by atoms with Crippen molar-refractivity contribution in [1.29, 1.82) is 0 Å². The Kier molecular flexibility index (Phi) is 5.95. The van der Waals surface area contributed by atoms with Crippen molar-refractivity contribution >= 4 is 17.8 Å². The van der Waals surface area contributed by atoms with Crippen molar-refractivity contribution in [2.45, 2.75) is 39.5 Å². The molecule has 0 aliphatic heterocycles. The zero-order valence-electron chi connectivity index (χ0n) is 14.0. The van der Waals surface area contributed by atoms with E-state index in [1.807, 2.05) is 48.7 Å². The fourth-order valence-electron chi connectivity index (χ4n) is 1.93. The highest BCUT2D eigenvalue weighted by Gasteiger charge is 2.17. The van der Waals surface area contributed by atoms with Gasteiger partial charge in [0.25, 0.3) is 0 Å². The van der Waals surface area contributed by atoms with Crippen molar-refractivity contribution in [3.8, 4) is 0 Å². The third-order valence-corrected chi connectivity index (χ3v) is 3.39. The lowest BCUT2D eigenvalue weighted by Crippen LogP contribution is -2.41. The van der Waals surface area contributed by atoms with Crippen molar-refractivity contribution in [2.75, 3.05) is 5.32 Å². The van der Waals surface area contributed by atoms with E-state index >= 15 is 0 Å². The summed E-state index contributed by atoms with van der Waals surface area (Å²) >= 11 is 0. The second-order valence-electron chi connectivity index (χ2n) is 5.72. The molecule has 0 spiro atoms. The fourth-order valence-corrected chi connectivity index (χ4v) is 1.93. The van der Waals surface area contributed by atoms with Crippen LogP contribution in [-0.2, 0) is 16.1 Å². The van der Waals surface area contributed by atoms with Crippen molar-refractivity contribution in [3.05, 3.63) is 48.4 Å². The maximum absolute atomic E-state index is 12.1. The van der Waals surface area contributed by atoms with Crippen LogP contribution in [-0.4, -0.2) is 27.6 Å². The first-order valence-corrected chi connectivity index (χ1v) is 7.77. The average Bonchev–Trinajstić information content (AvgIpc) is 3.02. The third-order valence-electron chi connectivity index (χ3n) is 3.39. The quantitative estimate of drug-likeness (QED) is 0.853. The molecule has 1 aromatic carbocycles. The number of carbonyl (C=O) groups excluding carboxylic acids is 2. The summed E-state index contributed by atoms with van der Waals surface area (Å²) in [6, 6.07) is 8.84. The van der Waals surface area contributed by atoms with E-state index in [0.29, 0.717) is 5.82 Å². The summed E-state index contributed by atoms with van der Waals surface area (Å²) in [7, 11) is 0. The summed E-state index contributed by atoms with van der Waals surface area (Å²) in [6.45, 7) is 5.76. The van der Waals surface area contributed by atoms with E-state index in [4.69, 9.17) is 4.74 Å². The molecule has 1 aromatic heterocycles. The lowest BCUT2D eigenvalue weighted by Gasteiger charge is -2.13. The van der Waals surface area contributed by atoms with Crippen molar-refractivity contribution in [3.63, 3.8) is 0 Å². The van der Waals surface area contributed by atoms with Crippen LogP contribution in [0, 0.1) is 0 Å². The summed E-state index contributed by atoms with van der Waals surface area (Å²) < 4.78 is 6.96. The molecule has 0 aliphatic carbocycles. The number of amides is 2. The molecule has 2 amide bonds. The largest absolute Gasteiger partial charge is 0.445 e. The lowest BCUT2D eigenvalue weighted by atomic mass is 10.2. The van der Waals surface area contributed by atoms with Crippen LogP contribution in [0.3, 0.4) is 0 Å². The van der Waals surface area contributed by atoms with E-state index in [-0.39, 0.29) is 18.6 Å². The number of aromatic nitrogens is 2. The topological polar surface area (TPSA) is 85.3 Å². The van der Waals surface area contributed by atoms with Crippen LogP contribution in [0.5, 0.6) is 0 Å². The molecule has 0 radical (unpaired) electrons. The molecule has 7 nitrogen and oxygen atoms in total. The van der Waals surface area contributed by atoms with Crippen LogP contribution in [0.15, 0.2) is 42.9 Å². The SMILES string of the molecule is CC(C)n1cnc(NC(=O)[C@H](C)NC(=O)OCc2ccccc2)c1. The maximum Gasteiger partial charge on any atom is 0.408 e. The van der Waals surface area contributed by atoms with E-state index in [1.165, 1.54) is 0 Å². The minimum absolute atomic E-state index is 0.153. The summed E-state index contributed by atoms with van der Waals surface area (Å²) in [5, 5.41) is 5.15. The smallest absolute Gasteiger partial charge is 0.408 e. The standard InChI is InChI=1S/C17H22N4O3/c1-12(2)21-9-15(18-11-21)20-16(22)13(3)19-17(23)24-10-14-7-5-4-6-8-14/h4-9,11-13H,10H2,1-3H3,(H,19,23)(H,20,22)/t13-/m0/s1. The van der Waals surface area contributed by atoms with Crippen LogP contribution in [0.1, 0.15) is 32.4 Å². The van der Waals surface area contributed by atoms with Gasteiger partial charge in [0.15, 0.2) is 5.82 Å². The number of alkyl carbamates (subject to hydrolysis) is 1. The fraction of sp³-hybridized carbons (Fsp3) is 0.353. The minimum Gasteiger partial charge on any atom is -0.445 e. The van der Waals surface area contributed by atoms with Crippen molar-refractivity contribution < 1.29 is 14.3 Å². The Morgan fingerprint density at radius 3 is 2.54 bits per heavy atom. The molecule has 2 aromatic rings. The van der Waals surface area contributed by atoms with Crippen LogP contribution >= 0.6 is 0 Å². The van der Waals surface area contributed by atoms with E-state index in [2.05, 4.69) is 15.6 Å². The van der Waals surface area contributed by atoms with E-state index in [1.54, 1.807) is 19.4 Å². The van der Waals surface area contributed by atoms with Gasteiger partial charge in [-0.15, -0.1) is 0 Å². The van der Waals surface area contributed by atoms with Gasteiger partial charge in [0, 0.05) is 12.2 Å². The number of nitrogens with zero attached hydrogens (tertiary/aromatic N) is 2. The number of hydrogen-bond donors (Lipinski definition) is 2. The van der Waals surface area contributed by atoms with Crippen molar-refractivity contribution in [1.82, 2.24) is 14.9 Å². The molecule has 24 heavy (non-hydrogen) atoms. The van der Waals surface area contributed by atoms with Gasteiger partial charge >= 0.3 is 6.09 Å². The number of rotatable bonds is 6. The van der Waals surface area contributed by atoms with Gasteiger partial charge in [-0.25, -0.2) is 9.78 Å². The molecule has 0 saturated carbocycles. The minimum atomic E-state index is -0.738. The van der Waals surface area contributed by atoms with Crippen LogP contribution < -0.4 is 10.6 Å². The Labute approximate surface area is 141 Å². The number of benzene rings is 1. The molecule has 2 N–H and O–H groups in total.